The van der Waals surface area contributed by atoms with Crippen molar-refractivity contribution in [2.45, 2.75) is 0 Å². The minimum atomic E-state index is -1.67. The summed E-state index contributed by atoms with van der Waals surface area (Å²) in [5, 5.41) is 4.17. The van der Waals surface area contributed by atoms with E-state index in [1.54, 1.807) is 146 Å². The molecule has 0 spiro atoms. The molecule has 17 heteroatoms. The number of benzene rings is 12. The fourth-order valence-corrected chi connectivity index (χ4v) is 13.4. The van der Waals surface area contributed by atoms with Crippen molar-refractivity contribution < 1.29 is 73.8 Å². The topological polar surface area (TPSA) is 54.0 Å². The number of aromatic nitrogens is 4. The Hall–Kier alpha value is -10.8. The Morgan fingerprint density at radius 2 is 0.419 bits per heavy atom. The second-order valence-electron chi connectivity index (χ2n) is 22.7. The van der Waals surface area contributed by atoms with Crippen LogP contribution in [0, 0.1) is 69.8 Å². The van der Waals surface area contributed by atoms with Crippen LogP contribution in [-0.4, -0.2) is 9.97 Å². The van der Waals surface area contributed by atoms with Crippen LogP contribution in [0.4, 0.5) is 52.7 Å². The number of nitrogens with zero attached hydrogens (tertiary/aromatic N) is 4. The van der Waals surface area contributed by atoms with Gasteiger partial charge in [-0.1, -0.05) is 97.1 Å². The maximum atomic E-state index is 17.6. The van der Waals surface area contributed by atoms with Crippen LogP contribution >= 0.6 is 0 Å². The summed E-state index contributed by atoms with van der Waals surface area (Å²) >= 11 is 0. The van der Waals surface area contributed by atoms with Gasteiger partial charge in [-0.2, -0.15) is 0 Å². The van der Waals surface area contributed by atoms with Crippen molar-refractivity contribution in [3.63, 3.8) is 0 Å². The number of rotatable bonds is 4. The van der Waals surface area contributed by atoms with Crippen LogP contribution in [-0.2, 0) is 21.1 Å². The second kappa shape index (κ2) is 21.1. The molecule has 0 fully saturated rings. The van der Waals surface area contributed by atoms with Gasteiger partial charge in [0.15, 0.2) is 46.5 Å². The molecule has 93 heavy (non-hydrogen) atoms. The molecule has 2 aromatic heterocycles. The molecule has 14 aromatic rings. The predicted molar refractivity (Wildman–Crippen MR) is 334 cm³/mol. The molecule has 0 unspecified atom stereocenters. The maximum absolute atomic E-state index is 17.6. The van der Waals surface area contributed by atoms with Gasteiger partial charge in [0.05, 0.1) is 22.8 Å². The van der Waals surface area contributed by atoms with E-state index in [4.69, 9.17) is 19.9 Å². The van der Waals surface area contributed by atoms with Crippen molar-refractivity contribution in [1.82, 2.24) is 19.9 Å². The van der Waals surface area contributed by atoms with Crippen molar-refractivity contribution in [2.75, 3.05) is 0 Å². The molecule has 0 amide bonds. The first-order valence-corrected chi connectivity index (χ1v) is 28.6. The van der Waals surface area contributed by atoms with E-state index >= 15 is 52.7 Å². The molecule has 0 N–H and O–H groups in total. The maximum Gasteiger partial charge on any atom is 2.00 e. The van der Waals surface area contributed by atoms with Crippen molar-refractivity contribution in [3.8, 4) is 89.5 Å². The van der Waals surface area contributed by atoms with Gasteiger partial charge in [0.25, 0.3) is 0 Å². The fraction of sp³-hybridized carbons (Fsp3) is 0. The Balaban J connectivity index is 0.00000686. The Morgan fingerprint density at radius 3 is 0.624 bits per heavy atom. The number of hydrogen-bond donors (Lipinski definition) is 0. The van der Waals surface area contributed by atoms with Crippen LogP contribution < -0.4 is 9.97 Å². The first-order valence-electron chi connectivity index (χ1n) is 28.6. The zero-order valence-electron chi connectivity index (χ0n) is 47.1. The molecule has 12 aromatic carbocycles. The summed E-state index contributed by atoms with van der Waals surface area (Å²) in [6.07, 6.45) is 0. The zero-order valence-corrected chi connectivity index (χ0v) is 49.4. The summed E-state index contributed by atoms with van der Waals surface area (Å²) in [5.41, 5.74) is -7.45. The molecule has 2 aliphatic heterocycles. The molecule has 0 saturated carbocycles. The van der Waals surface area contributed by atoms with Crippen molar-refractivity contribution in [3.05, 3.63) is 264 Å². The van der Waals surface area contributed by atoms with Gasteiger partial charge in [-0.25, -0.2) is 62.7 Å². The molecule has 0 saturated heterocycles. The molecule has 1 aliphatic carbocycles. The van der Waals surface area contributed by atoms with Crippen molar-refractivity contribution >= 4 is 86.7 Å². The predicted octanol–water partition coefficient (Wildman–Crippen LogP) is 21.5. The first-order chi connectivity index (χ1) is 44.5. The van der Waals surface area contributed by atoms with Gasteiger partial charge in [0, 0.05) is 68.8 Å². The van der Waals surface area contributed by atoms with Crippen molar-refractivity contribution in [2.24, 2.45) is 0 Å². The standard InChI is InChI=1S/C76H32F12N4.Pt/c77-41-25-53(65(85)57(81)29-41)61-69-45-17-33-9-1-2-10-34(33)18-46(45)70(89-69)62(54-26-42(78)30-58(82)66(54)86)72-49-21-37-13-5-6-14-38(37)22-50(49)74(91-72)64(56-28-44(80)32-60(84)68(56)88)76-52-24-40-16-8-7-15-39(40)23-51(52)75(92-76)63(55-27-43(79)31-59(83)67(55)87)73-48-20-36-12-4-3-11-35(36)19-47(48)71(61)90-73;/h1-32H;/q-2;+2. The minimum Gasteiger partial charge on any atom is -0.656 e. The van der Waals surface area contributed by atoms with Gasteiger partial charge in [-0.3, -0.25) is 0 Å². The van der Waals surface area contributed by atoms with E-state index in [2.05, 4.69) is 0 Å². The number of hydrogen-bond acceptors (Lipinski definition) is 2. The van der Waals surface area contributed by atoms with E-state index in [1.807, 2.05) is 0 Å². The summed E-state index contributed by atoms with van der Waals surface area (Å²) < 4.78 is 202. The third-order valence-corrected chi connectivity index (χ3v) is 17.4. The van der Waals surface area contributed by atoms with E-state index in [1.165, 1.54) is 0 Å². The van der Waals surface area contributed by atoms with E-state index in [0.29, 0.717) is 91.6 Å². The summed E-state index contributed by atoms with van der Waals surface area (Å²) in [4.78, 5) is 21.0. The molecule has 0 radical (unpaired) electrons. The molecule has 4 nitrogen and oxygen atoms in total. The van der Waals surface area contributed by atoms with E-state index in [-0.39, 0.29) is 110 Å². The zero-order chi connectivity index (χ0) is 62.9. The summed E-state index contributed by atoms with van der Waals surface area (Å²) in [5.74, 6) is -18.3. The molecule has 17 rings (SSSR count). The summed E-state index contributed by atoms with van der Waals surface area (Å²) in [6.45, 7) is 0. The molecule has 450 valence electrons. The quantitative estimate of drug-likeness (QED) is 0.130. The Kier molecular flexibility index (Phi) is 13.0. The van der Waals surface area contributed by atoms with Gasteiger partial charge in [0.1, 0.15) is 23.3 Å². The number of halogens is 12. The van der Waals surface area contributed by atoms with Gasteiger partial charge >= 0.3 is 21.1 Å². The summed E-state index contributed by atoms with van der Waals surface area (Å²) in [6, 6.07) is 44.3. The van der Waals surface area contributed by atoms with E-state index in [9.17, 15) is 0 Å². The normalized spacial score (nSPS) is 12.0. The van der Waals surface area contributed by atoms with Crippen LogP contribution in [0.25, 0.3) is 176 Å². The third kappa shape index (κ3) is 8.75. The van der Waals surface area contributed by atoms with Gasteiger partial charge < -0.3 is 9.97 Å². The Morgan fingerprint density at radius 1 is 0.226 bits per heavy atom. The monoisotopic (exact) mass is 1420 g/mol. The van der Waals surface area contributed by atoms with Gasteiger partial charge in [0.2, 0.25) is 0 Å². The first kappa shape index (κ1) is 57.3. The average Bonchev–Trinajstić information content (AvgIpc) is 1.58. The van der Waals surface area contributed by atoms with Crippen LogP contribution in [0.15, 0.2) is 194 Å². The fourth-order valence-electron chi connectivity index (χ4n) is 13.4. The van der Waals surface area contributed by atoms with E-state index < -0.39 is 114 Å². The molecule has 0 atom stereocenters. The van der Waals surface area contributed by atoms with Crippen LogP contribution in [0.3, 0.4) is 0 Å². The molecular formula is C76H32F12N4Pt. The molecule has 8 bridgehead atoms. The van der Waals surface area contributed by atoms with Gasteiger partial charge in [-0.05, 0) is 160 Å². The van der Waals surface area contributed by atoms with Gasteiger partial charge in [-0.15, -0.1) is 22.1 Å². The molecular weight excluding hydrogens is 1390 g/mol. The average molecular weight is 1420 g/mol. The van der Waals surface area contributed by atoms with Crippen LogP contribution in [0.5, 0.6) is 0 Å². The SMILES string of the molecule is Fc1cc(F)c(F)c(-c2c3nc(c(-c4cc(F)cc(F)c4F)c4[n-]c(c(-c5cc(F)cc(F)c5F)c5nc(c(-c6cc(F)cc(F)c6F)c6[n-]c2c2cc7ccccc7cc62)-c2cc6ccccc6cc2-5)c2cc5ccccc5cc42)-c2cc4ccccc4cc2-3)c1.[Pt+2]. The Labute approximate surface area is 531 Å². The van der Waals surface area contributed by atoms with E-state index in [0.717, 1.165) is 0 Å². The molecule has 4 heterocycles. The largest absolute Gasteiger partial charge is 2.00 e. The summed E-state index contributed by atoms with van der Waals surface area (Å²) in [7, 11) is 0. The Bertz CT molecular complexity index is 5350. The minimum absolute atomic E-state index is 0. The van der Waals surface area contributed by atoms with Crippen LogP contribution in [0.1, 0.15) is 0 Å². The van der Waals surface area contributed by atoms with Crippen molar-refractivity contribution in [1.29, 1.82) is 0 Å². The van der Waals surface area contributed by atoms with Crippen LogP contribution in [0.2, 0.25) is 0 Å². The second-order valence-corrected chi connectivity index (χ2v) is 22.7. The molecule has 3 aliphatic rings. The number of fused-ring (bicyclic) bond motifs is 4. The smallest absolute Gasteiger partial charge is 0.656 e. The third-order valence-electron chi connectivity index (χ3n) is 17.4.